The van der Waals surface area contributed by atoms with Crippen LogP contribution >= 0.6 is 22.9 Å². The van der Waals surface area contributed by atoms with Crippen LogP contribution in [0.2, 0.25) is 5.15 Å². The van der Waals surface area contributed by atoms with E-state index in [0.29, 0.717) is 5.15 Å². The molecule has 0 saturated heterocycles. The highest BCUT2D eigenvalue weighted by Gasteiger charge is 2.25. The number of rotatable bonds is 1. The molecule has 46 heavy (non-hydrogen) atoms. The monoisotopic (exact) mass is 636 g/mol. The van der Waals surface area contributed by atoms with Crippen LogP contribution in [0.4, 0.5) is 0 Å². The van der Waals surface area contributed by atoms with Crippen LogP contribution in [0.3, 0.4) is 0 Å². The highest BCUT2D eigenvalue weighted by molar-refractivity contribution is 7.27. The van der Waals surface area contributed by atoms with Crippen LogP contribution < -0.4 is 0 Å². The molecule has 2 nitrogen and oxygen atoms in total. The number of hydrogen-bond donors (Lipinski definition) is 0. The maximum Gasteiger partial charge on any atom is 0.150 e. The summed E-state index contributed by atoms with van der Waals surface area (Å²) in [5.41, 5.74) is 11.1. The summed E-state index contributed by atoms with van der Waals surface area (Å²) in [6, 6.07) is 31.0. The van der Waals surface area contributed by atoms with Crippen LogP contribution in [0, 0.1) is 20.8 Å². The Kier molecular flexibility index (Phi) is 8.23. The number of aryl methyl sites for hydroxylation is 3. The van der Waals surface area contributed by atoms with Crippen molar-refractivity contribution < 1.29 is 0 Å². The summed E-state index contributed by atoms with van der Waals surface area (Å²) in [7, 11) is 0. The normalized spacial score (nSPS) is 13.4. The summed E-state index contributed by atoms with van der Waals surface area (Å²) < 4.78 is 2.81. The lowest BCUT2D eigenvalue weighted by Gasteiger charge is -2.15. The van der Waals surface area contributed by atoms with Gasteiger partial charge < -0.3 is 0 Å². The smallest absolute Gasteiger partial charge is 0.150 e. The van der Waals surface area contributed by atoms with Crippen LogP contribution in [-0.4, -0.2) is 9.97 Å². The predicted octanol–water partition coefficient (Wildman–Crippen LogP) is 12.8. The second-order valence-electron chi connectivity index (χ2n) is 11.8. The molecular weight excluding hydrogens is 600 g/mol. The quantitative estimate of drug-likeness (QED) is 0.179. The topological polar surface area (TPSA) is 25.8 Å². The van der Waals surface area contributed by atoms with Crippen LogP contribution in [0.25, 0.3) is 58.4 Å². The summed E-state index contributed by atoms with van der Waals surface area (Å²) in [5.74, 6) is 0. The first-order valence-electron chi connectivity index (χ1n) is 16.2. The first kappa shape index (κ1) is 30.3. The lowest BCUT2D eigenvalue weighted by Crippen LogP contribution is -1.98. The van der Waals surface area contributed by atoms with Crippen molar-refractivity contribution in [1.29, 1.82) is 0 Å². The fraction of sp³-hybridized carbons (Fsp3) is 0.190. The number of thiophene rings is 1. The van der Waals surface area contributed by atoms with Gasteiger partial charge in [-0.05, 0) is 88.6 Å². The fourth-order valence-electron chi connectivity index (χ4n) is 7.02. The molecule has 0 fully saturated rings. The van der Waals surface area contributed by atoms with Gasteiger partial charge in [0.2, 0.25) is 0 Å². The van der Waals surface area contributed by atoms with Gasteiger partial charge in [-0.2, -0.15) is 0 Å². The molecule has 2 aromatic heterocycles. The van der Waals surface area contributed by atoms with Crippen molar-refractivity contribution in [2.45, 2.75) is 53.9 Å². The van der Waals surface area contributed by atoms with Crippen molar-refractivity contribution in [3.8, 4) is 11.1 Å². The lowest BCUT2D eigenvalue weighted by molar-refractivity contribution is 1.01. The Balaban J connectivity index is 0.000000167. The van der Waals surface area contributed by atoms with Gasteiger partial charge in [0.25, 0.3) is 0 Å². The number of nitrogens with zero attached hydrogens (tertiary/aromatic N) is 2. The molecule has 4 heteroatoms. The Morgan fingerprint density at radius 2 is 1.43 bits per heavy atom. The highest BCUT2D eigenvalue weighted by Crippen LogP contribution is 2.47. The molecule has 0 radical (unpaired) electrons. The standard InChI is InChI=1S/C28H20S.C12H11ClN2.C2H6/c1-17-9-3-5-11-20(17)25-18(2)27-26(23-14-8-7-13-22(23)25)24-16-15-19-10-4-6-12-21(19)28(24)29-27;1-7-12(13)15-10-6-8-4-2-3-5-9(8)11(10)14-7;1-2/h3-16H,1-2H3;2,4H,3,5-6H2,1H3;1-2H3. The summed E-state index contributed by atoms with van der Waals surface area (Å²) in [4.78, 5) is 8.96. The second-order valence-corrected chi connectivity index (χ2v) is 13.2. The molecule has 228 valence electrons. The Bertz CT molecular complexity index is 2360. The predicted molar refractivity (Wildman–Crippen MR) is 201 cm³/mol. The Hall–Kier alpha value is -4.31. The number of halogens is 1. The van der Waals surface area contributed by atoms with Gasteiger partial charge >= 0.3 is 0 Å². The Morgan fingerprint density at radius 1 is 0.717 bits per heavy atom. The average molecular weight is 637 g/mol. The molecule has 2 aliphatic carbocycles. The van der Waals surface area contributed by atoms with Crippen LogP contribution in [0.1, 0.15) is 54.9 Å². The molecule has 0 unspecified atom stereocenters. The molecule has 0 atom stereocenters. The van der Waals surface area contributed by atoms with E-state index in [0.717, 1.165) is 36.3 Å². The summed E-state index contributed by atoms with van der Waals surface area (Å²) in [6.45, 7) is 10.4. The number of aromatic nitrogens is 2. The summed E-state index contributed by atoms with van der Waals surface area (Å²) >= 11 is 7.93. The van der Waals surface area contributed by atoms with E-state index in [4.69, 9.17) is 11.6 Å². The molecule has 0 aliphatic heterocycles. The van der Waals surface area contributed by atoms with Crippen LogP contribution in [-0.2, 0) is 6.42 Å². The lowest BCUT2D eigenvalue weighted by atomic mass is 9.89. The van der Waals surface area contributed by atoms with Gasteiger partial charge in [0.05, 0.1) is 17.1 Å². The third-order valence-corrected chi connectivity index (χ3v) is 10.9. The highest BCUT2D eigenvalue weighted by atomic mass is 35.5. The first-order valence-corrected chi connectivity index (χ1v) is 17.4. The van der Waals surface area contributed by atoms with Gasteiger partial charge in [-0.15, -0.1) is 11.3 Å². The third-order valence-electron chi connectivity index (χ3n) is 9.17. The third kappa shape index (κ3) is 5.03. The molecule has 0 N–H and O–H groups in total. The molecule has 0 spiro atoms. The first-order chi connectivity index (χ1) is 22.5. The molecule has 0 saturated carbocycles. The van der Waals surface area contributed by atoms with E-state index < -0.39 is 0 Å². The molecule has 7 aromatic rings. The van der Waals surface area contributed by atoms with Crippen molar-refractivity contribution in [3.05, 3.63) is 136 Å². The van der Waals surface area contributed by atoms with Crippen molar-refractivity contribution in [3.63, 3.8) is 0 Å². The SMILES string of the molecule is CC.Cc1ccccc1-c1c(C)c2sc3c4ccccc4ccc3c2c2ccccc12.Cc1nc2c(nc1Cl)CC1=C2CCC=C1. The van der Waals surface area contributed by atoms with Gasteiger partial charge in [-0.3, -0.25) is 0 Å². The molecular formula is C42H37ClN2S. The van der Waals surface area contributed by atoms with E-state index in [9.17, 15) is 0 Å². The van der Waals surface area contributed by atoms with Crippen LogP contribution in [0.15, 0.2) is 103 Å². The number of allylic oxidation sites excluding steroid dienone is 4. The number of fused-ring (bicyclic) bond motifs is 9. The molecule has 0 bridgehead atoms. The molecule has 2 heterocycles. The summed E-state index contributed by atoms with van der Waals surface area (Å²) in [6.07, 6.45) is 7.52. The minimum Gasteiger partial charge on any atom is -0.248 e. The minimum absolute atomic E-state index is 0.539. The maximum atomic E-state index is 5.98. The Morgan fingerprint density at radius 3 is 2.24 bits per heavy atom. The largest absolute Gasteiger partial charge is 0.248 e. The van der Waals surface area contributed by atoms with Gasteiger partial charge in [-0.25, -0.2) is 9.97 Å². The molecule has 9 rings (SSSR count). The summed E-state index contributed by atoms with van der Waals surface area (Å²) in [5, 5.41) is 8.69. The zero-order chi connectivity index (χ0) is 31.9. The number of hydrogen-bond acceptors (Lipinski definition) is 3. The van der Waals surface area contributed by atoms with Crippen LogP contribution in [0.5, 0.6) is 0 Å². The van der Waals surface area contributed by atoms with Crippen molar-refractivity contribution in [2.75, 3.05) is 0 Å². The van der Waals surface area contributed by atoms with Gasteiger partial charge in [0.15, 0.2) is 5.15 Å². The van der Waals surface area contributed by atoms with E-state index in [-0.39, 0.29) is 0 Å². The van der Waals surface area contributed by atoms with E-state index in [2.05, 4.69) is 121 Å². The molecule has 0 amide bonds. The van der Waals surface area contributed by atoms with E-state index in [1.807, 2.05) is 32.1 Å². The zero-order valence-electron chi connectivity index (χ0n) is 27.0. The van der Waals surface area contributed by atoms with Crippen molar-refractivity contribution in [1.82, 2.24) is 9.97 Å². The number of benzene rings is 5. The minimum atomic E-state index is 0.539. The van der Waals surface area contributed by atoms with Gasteiger partial charge in [0.1, 0.15) is 0 Å². The van der Waals surface area contributed by atoms with E-state index in [1.165, 1.54) is 75.1 Å². The van der Waals surface area contributed by atoms with E-state index >= 15 is 0 Å². The van der Waals surface area contributed by atoms with Crippen molar-refractivity contribution >= 4 is 70.2 Å². The van der Waals surface area contributed by atoms with Crippen molar-refractivity contribution in [2.24, 2.45) is 0 Å². The molecule has 5 aromatic carbocycles. The van der Waals surface area contributed by atoms with Gasteiger partial charge in [0, 0.05) is 26.6 Å². The van der Waals surface area contributed by atoms with E-state index in [1.54, 1.807) is 0 Å². The maximum absolute atomic E-state index is 5.98. The average Bonchev–Trinajstić information content (AvgIpc) is 3.66. The zero-order valence-corrected chi connectivity index (χ0v) is 28.6. The Labute approximate surface area is 280 Å². The van der Waals surface area contributed by atoms with Gasteiger partial charge in [-0.1, -0.05) is 123 Å². The fourth-order valence-corrected chi connectivity index (χ4v) is 8.52. The molecule has 2 aliphatic rings. The second kappa shape index (κ2) is 12.5.